The quantitative estimate of drug-likeness (QED) is 0.626. The van der Waals surface area contributed by atoms with Gasteiger partial charge in [0.15, 0.2) is 0 Å². The van der Waals surface area contributed by atoms with Crippen molar-refractivity contribution in [1.29, 1.82) is 0 Å². The van der Waals surface area contributed by atoms with E-state index in [1.54, 1.807) is 0 Å². The molecular weight excluding hydrogens is 153 g/mol. The molecule has 0 aliphatic carbocycles. The largest absolute Gasteiger partial charge is 0.248 e. The molecule has 0 saturated carbocycles. The molecule has 1 aromatic carbocycles. The van der Waals surface area contributed by atoms with Crippen LogP contribution in [0.4, 0.5) is 0 Å². The van der Waals surface area contributed by atoms with Gasteiger partial charge in [0.05, 0.1) is 0 Å². The SMILES string of the molecule is c1ccc(-c2ccn[pH]2)cc1. The van der Waals surface area contributed by atoms with E-state index in [1.807, 2.05) is 12.3 Å². The zero-order valence-corrected chi connectivity index (χ0v) is 6.99. The molecule has 1 heterocycles. The number of rotatable bonds is 1. The molecule has 0 fully saturated rings. The van der Waals surface area contributed by atoms with Gasteiger partial charge in [-0.15, -0.1) is 0 Å². The lowest BCUT2D eigenvalue weighted by molar-refractivity contribution is 1.59. The molecule has 0 spiro atoms. The molecule has 11 heavy (non-hydrogen) atoms. The van der Waals surface area contributed by atoms with Gasteiger partial charge >= 0.3 is 0 Å². The molecule has 0 amide bonds. The molecular formula is C9H8NP. The van der Waals surface area contributed by atoms with Gasteiger partial charge in [0, 0.05) is 11.5 Å². The Morgan fingerprint density at radius 3 is 2.45 bits per heavy atom. The molecule has 0 aliphatic rings. The van der Waals surface area contributed by atoms with Gasteiger partial charge in [-0.05, 0) is 20.0 Å². The summed E-state index contributed by atoms with van der Waals surface area (Å²) in [6.45, 7) is 0. The Bertz CT molecular complexity index is 313. The molecule has 0 aliphatic heterocycles. The smallest absolute Gasteiger partial charge is 0.0316 e. The third-order valence-corrected chi connectivity index (χ3v) is 2.56. The second-order valence-corrected chi connectivity index (χ2v) is 3.36. The van der Waals surface area contributed by atoms with Gasteiger partial charge in [-0.3, -0.25) is 0 Å². The lowest BCUT2D eigenvalue weighted by atomic mass is 10.2. The van der Waals surface area contributed by atoms with E-state index in [0.717, 1.165) is 0 Å². The fourth-order valence-corrected chi connectivity index (χ4v) is 1.77. The van der Waals surface area contributed by atoms with Gasteiger partial charge in [-0.1, -0.05) is 30.3 Å². The average molecular weight is 161 g/mol. The van der Waals surface area contributed by atoms with Crippen molar-refractivity contribution in [2.45, 2.75) is 0 Å². The average Bonchev–Trinajstić information content (AvgIpc) is 2.58. The van der Waals surface area contributed by atoms with Crippen LogP contribution in [0, 0.1) is 0 Å². The van der Waals surface area contributed by atoms with Crippen molar-refractivity contribution in [3.05, 3.63) is 42.6 Å². The normalized spacial score (nSPS) is 10.5. The standard InChI is InChI=1S/C9H8NP/c1-2-4-8(5-3-1)9-6-7-10-11-9/h1-7,11H. The summed E-state index contributed by atoms with van der Waals surface area (Å²) in [6.07, 6.45) is 1.88. The molecule has 0 N–H and O–H groups in total. The number of hydrogen-bond donors (Lipinski definition) is 0. The van der Waals surface area contributed by atoms with Crippen molar-refractivity contribution in [1.82, 2.24) is 4.75 Å². The maximum Gasteiger partial charge on any atom is 0.0316 e. The van der Waals surface area contributed by atoms with Crippen LogP contribution in [0.1, 0.15) is 0 Å². The lowest BCUT2D eigenvalue weighted by Gasteiger charge is -1.93. The first-order chi connectivity index (χ1) is 5.47. The summed E-state index contributed by atoms with van der Waals surface area (Å²) < 4.78 is 4.15. The van der Waals surface area contributed by atoms with Crippen LogP contribution < -0.4 is 0 Å². The Morgan fingerprint density at radius 1 is 1.00 bits per heavy atom. The van der Waals surface area contributed by atoms with Crippen LogP contribution in [0.5, 0.6) is 0 Å². The van der Waals surface area contributed by atoms with Crippen molar-refractivity contribution in [3.63, 3.8) is 0 Å². The van der Waals surface area contributed by atoms with E-state index in [-0.39, 0.29) is 0 Å². The summed E-state index contributed by atoms with van der Waals surface area (Å²) in [5, 5.41) is 1.34. The lowest BCUT2D eigenvalue weighted by Crippen LogP contribution is -1.66. The first-order valence-corrected chi connectivity index (χ1v) is 4.46. The highest BCUT2D eigenvalue weighted by atomic mass is 31.0. The van der Waals surface area contributed by atoms with Gasteiger partial charge in [0.2, 0.25) is 0 Å². The van der Waals surface area contributed by atoms with E-state index < -0.39 is 0 Å². The summed E-state index contributed by atoms with van der Waals surface area (Å²) in [5.74, 6) is 0. The van der Waals surface area contributed by atoms with E-state index in [2.05, 4.69) is 35.1 Å². The molecule has 1 nitrogen and oxygen atoms in total. The number of nitrogens with zero attached hydrogens (tertiary/aromatic N) is 1. The van der Waals surface area contributed by atoms with Crippen LogP contribution >= 0.6 is 8.35 Å². The highest BCUT2D eigenvalue weighted by Crippen LogP contribution is 2.25. The minimum Gasteiger partial charge on any atom is -0.248 e. The molecule has 2 rings (SSSR count). The van der Waals surface area contributed by atoms with Gasteiger partial charge in [0.1, 0.15) is 0 Å². The third kappa shape index (κ3) is 1.33. The van der Waals surface area contributed by atoms with Crippen molar-refractivity contribution < 1.29 is 0 Å². The number of benzene rings is 1. The molecule has 1 aromatic heterocycles. The number of hydrogen-bond acceptors (Lipinski definition) is 1. The molecule has 2 heteroatoms. The highest BCUT2D eigenvalue weighted by Gasteiger charge is 1.93. The van der Waals surface area contributed by atoms with Gasteiger partial charge in [-0.25, -0.2) is 4.75 Å². The maximum atomic E-state index is 4.15. The first-order valence-electron chi connectivity index (χ1n) is 3.51. The second-order valence-electron chi connectivity index (χ2n) is 2.34. The van der Waals surface area contributed by atoms with E-state index in [0.29, 0.717) is 8.35 Å². The third-order valence-electron chi connectivity index (χ3n) is 1.59. The van der Waals surface area contributed by atoms with Crippen LogP contribution in [-0.4, -0.2) is 4.75 Å². The Morgan fingerprint density at radius 2 is 1.82 bits per heavy atom. The fourth-order valence-electron chi connectivity index (χ4n) is 1.03. The zero-order chi connectivity index (χ0) is 7.52. The molecule has 0 saturated heterocycles. The van der Waals surface area contributed by atoms with Crippen LogP contribution in [0.3, 0.4) is 0 Å². The van der Waals surface area contributed by atoms with Crippen molar-refractivity contribution in [3.8, 4) is 10.9 Å². The zero-order valence-electron chi connectivity index (χ0n) is 5.99. The van der Waals surface area contributed by atoms with E-state index in [1.165, 1.54) is 10.9 Å². The molecule has 0 radical (unpaired) electrons. The summed E-state index contributed by atoms with van der Waals surface area (Å²) >= 11 is 0. The van der Waals surface area contributed by atoms with Crippen molar-refractivity contribution in [2.24, 2.45) is 0 Å². The van der Waals surface area contributed by atoms with Gasteiger partial charge in [-0.2, -0.15) is 0 Å². The Balaban J connectivity index is 2.46. The summed E-state index contributed by atoms with van der Waals surface area (Å²) in [7, 11) is 0.608. The predicted octanol–water partition coefficient (Wildman–Crippen LogP) is 2.78. The first kappa shape index (κ1) is 6.63. The monoisotopic (exact) mass is 161 g/mol. The summed E-state index contributed by atoms with van der Waals surface area (Å²) in [6, 6.07) is 12.5. The van der Waals surface area contributed by atoms with Crippen LogP contribution in [-0.2, 0) is 0 Å². The fraction of sp³-hybridized carbons (Fsp3) is 0. The van der Waals surface area contributed by atoms with Crippen LogP contribution in [0.25, 0.3) is 10.9 Å². The van der Waals surface area contributed by atoms with Crippen molar-refractivity contribution in [2.75, 3.05) is 0 Å². The summed E-state index contributed by atoms with van der Waals surface area (Å²) in [5.41, 5.74) is 1.29. The van der Waals surface area contributed by atoms with Gasteiger partial charge < -0.3 is 0 Å². The molecule has 1 atom stereocenters. The van der Waals surface area contributed by atoms with Crippen LogP contribution in [0.15, 0.2) is 42.6 Å². The second kappa shape index (κ2) is 2.89. The highest BCUT2D eigenvalue weighted by molar-refractivity contribution is 7.29. The van der Waals surface area contributed by atoms with Crippen LogP contribution in [0.2, 0.25) is 0 Å². The minimum absolute atomic E-state index is 0.608. The van der Waals surface area contributed by atoms with Crippen molar-refractivity contribution >= 4 is 8.35 Å². The number of aromatic nitrogens is 1. The Labute approximate surface area is 67.3 Å². The maximum absolute atomic E-state index is 4.15. The topological polar surface area (TPSA) is 12.9 Å². The molecule has 1 unspecified atom stereocenters. The summed E-state index contributed by atoms with van der Waals surface area (Å²) in [4.78, 5) is 0. The van der Waals surface area contributed by atoms with Gasteiger partial charge in [0.25, 0.3) is 0 Å². The van der Waals surface area contributed by atoms with E-state index in [4.69, 9.17) is 0 Å². The minimum atomic E-state index is 0.608. The predicted molar refractivity (Wildman–Crippen MR) is 49.2 cm³/mol. The van der Waals surface area contributed by atoms with E-state index in [9.17, 15) is 0 Å². The Kier molecular flexibility index (Phi) is 1.74. The molecule has 0 bridgehead atoms. The molecule has 54 valence electrons. The molecule has 2 aromatic rings. The Hall–Kier alpha value is -1.07. The van der Waals surface area contributed by atoms with E-state index >= 15 is 0 Å².